The van der Waals surface area contributed by atoms with Gasteiger partial charge in [-0.15, -0.1) is 0 Å². The van der Waals surface area contributed by atoms with E-state index in [2.05, 4.69) is 4.90 Å². The van der Waals surface area contributed by atoms with Crippen LogP contribution in [0.2, 0.25) is 0 Å². The number of piperazine rings is 1. The normalized spacial score (nSPS) is 36.0. The summed E-state index contributed by atoms with van der Waals surface area (Å²) >= 11 is 0. The minimum Gasteiger partial charge on any atom is -0.301 e. The quantitative estimate of drug-likeness (QED) is 0.613. The van der Waals surface area contributed by atoms with E-state index in [1.165, 1.54) is 0 Å². The molecule has 13 heavy (non-hydrogen) atoms. The van der Waals surface area contributed by atoms with Crippen LogP contribution in [-0.2, 0) is 0 Å². The van der Waals surface area contributed by atoms with Crippen LogP contribution in [0.15, 0.2) is 0 Å². The molecule has 2 unspecified atom stereocenters. The average Bonchev–Trinajstić information content (AvgIpc) is 2.42. The van der Waals surface area contributed by atoms with Gasteiger partial charge in [-0.3, -0.25) is 4.90 Å². The summed E-state index contributed by atoms with van der Waals surface area (Å²) in [7, 11) is 1.98. The Morgan fingerprint density at radius 3 is 2.31 bits per heavy atom. The highest BCUT2D eigenvalue weighted by molar-refractivity contribution is 4.98. The summed E-state index contributed by atoms with van der Waals surface area (Å²) in [5, 5.41) is 0. The monoisotopic (exact) mass is 194 g/mol. The van der Waals surface area contributed by atoms with Gasteiger partial charge >= 0.3 is 6.18 Å². The minimum absolute atomic E-state index is 0.136. The van der Waals surface area contributed by atoms with Gasteiger partial charge in [-0.05, 0) is 13.5 Å². The van der Waals surface area contributed by atoms with Crippen molar-refractivity contribution in [2.45, 2.75) is 24.7 Å². The van der Waals surface area contributed by atoms with Gasteiger partial charge in [-0.2, -0.15) is 13.2 Å². The maximum absolute atomic E-state index is 12.1. The van der Waals surface area contributed by atoms with Crippen molar-refractivity contribution in [1.29, 1.82) is 0 Å². The molecule has 2 atom stereocenters. The van der Waals surface area contributed by atoms with E-state index in [1.807, 2.05) is 7.05 Å². The van der Waals surface area contributed by atoms with Crippen LogP contribution in [0.3, 0.4) is 0 Å². The summed E-state index contributed by atoms with van der Waals surface area (Å²) in [6, 6.07) is 0.490. The predicted molar refractivity (Wildman–Crippen MR) is 42.5 cm³/mol. The highest BCUT2D eigenvalue weighted by Gasteiger charge is 2.45. The molecule has 2 fully saturated rings. The number of halogens is 3. The zero-order valence-corrected chi connectivity index (χ0v) is 7.51. The van der Waals surface area contributed by atoms with Crippen molar-refractivity contribution in [3.63, 3.8) is 0 Å². The Balaban J connectivity index is 1.92. The van der Waals surface area contributed by atoms with Gasteiger partial charge in [-0.25, -0.2) is 0 Å². The van der Waals surface area contributed by atoms with Crippen molar-refractivity contribution < 1.29 is 13.2 Å². The molecule has 0 spiro atoms. The largest absolute Gasteiger partial charge is 0.401 e. The van der Waals surface area contributed by atoms with Crippen LogP contribution in [0.1, 0.15) is 6.42 Å². The average molecular weight is 194 g/mol. The lowest BCUT2D eigenvalue weighted by Gasteiger charge is -2.32. The lowest BCUT2D eigenvalue weighted by atomic mass is 10.2. The Bertz CT molecular complexity index is 202. The van der Waals surface area contributed by atoms with Crippen molar-refractivity contribution in [1.82, 2.24) is 9.80 Å². The molecule has 0 saturated carbocycles. The minimum atomic E-state index is -4.04. The molecule has 76 valence electrons. The molecule has 0 amide bonds. The van der Waals surface area contributed by atoms with Gasteiger partial charge in [0.1, 0.15) is 0 Å². The summed E-state index contributed by atoms with van der Waals surface area (Å²) in [5.74, 6) is 0. The van der Waals surface area contributed by atoms with E-state index in [9.17, 15) is 13.2 Å². The number of hydrogen-bond donors (Lipinski definition) is 0. The summed E-state index contributed by atoms with van der Waals surface area (Å²) in [4.78, 5) is 3.71. The molecular formula is C8H13F3N2. The molecule has 0 N–H and O–H groups in total. The third-order valence-corrected chi connectivity index (χ3v) is 3.01. The van der Waals surface area contributed by atoms with Crippen LogP contribution in [0, 0.1) is 0 Å². The van der Waals surface area contributed by atoms with Gasteiger partial charge in [0.15, 0.2) is 0 Å². The summed E-state index contributed by atoms with van der Waals surface area (Å²) in [6.45, 7) is 0.642. The van der Waals surface area contributed by atoms with Gasteiger partial charge in [0.25, 0.3) is 0 Å². The van der Waals surface area contributed by atoms with Crippen molar-refractivity contribution in [2.75, 3.05) is 26.7 Å². The number of nitrogens with zero attached hydrogens (tertiary/aromatic N) is 2. The molecule has 0 aromatic rings. The van der Waals surface area contributed by atoms with E-state index in [4.69, 9.17) is 0 Å². The number of rotatable bonds is 1. The number of alkyl halides is 3. The van der Waals surface area contributed by atoms with Gasteiger partial charge < -0.3 is 4.90 Å². The Labute approximate surface area is 75.3 Å². The lowest BCUT2D eigenvalue weighted by Crippen LogP contribution is -2.47. The van der Waals surface area contributed by atoms with Crippen molar-refractivity contribution in [2.24, 2.45) is 0 Å². The highest BCUT2D eigenvalue weighted by atomic mass is 19.4. The Hall–Kier alpha value is -0.290. The number of likely N-dealkylation sites (N-methyl/N-ethyl adjacent to an activating group) is 1. The van der Waals surface area contributed by atoms with Gasteiger partial charge in [0, 0.05) is 25.2 Å². The number of fused-ring (bicyclic) bond motifs is 2. The Kier molecular flexibility index (Phi) is 2.03. The lowest BCUT2D eigenvalue weighted by molar-refractivity contribution is -0.150. The molecule has 2 aliphatic heterocycles. The van der Waals surface area contributed by atoms with Crippen LogP contribution in [0.25, 0.3) is 0 Å². The Morgan fingerprint density at radius 2 is 1.92 bits per heavy atom. The molecule has 5 heteroatoms. The smallest absolute Gasteiger partial charge is 0.301 e. The van der Waals surface area contributed by atoms with Gasteiger partial charge in [0.05, 0.1) is 6.54 Å². The van der Waals surface area contributed by atoms with Crippen LogP contribution < -0.4 is 0 Å². The molecular weight excluding hydrogens is 181 g/mol. The Morgan fingerprint density at radius 1 is 1.23 bits per heavy atom. The van der Waals surface area contributed by atoms with E-state index in [0.717, 1.165) is 13.0 Å². The summed E-state index contributed by atoms with van der Waals surface area (Å²) in [6.07, 6.45) is -3.13. The van der Waals surface area contributed by atoms with Crippen LogP contribution >= 0.6 is 0 Å². The molecule has 2 heterocycles. The molecule has 2 nitrogen and oxygen atoms in total. The predicted octanol–water partition coefficient (Wildman–Crippen LogP) is 0.937. The maximum Gasteiger partial charge on any atom is 0.401 e. The van der Waals surface area contributed by atoms with Crippen LogP contribution in [0.4, 0.5) is 13.2 Å². The summed E-state index contributed by atoms with van der Waals surface area (Å²) < 4.78 is 36.2. The molecule has 0 radical (unpaired) electrons. The zero-order valence-electron chi connectivity index (χ0n) is 7.51. The topological polar surface area (TPSA) is 6.48 Å². The molecule has 2 saturated heterocycles. The van der Waals surface area contributed by atoms with Gasteiger partial charge in [0.2, 0.25) is 0 Å². The fraction of sp³-hybridized carbons (Fsp3) is 1.00. The molecule has 2 bridgehead atoms. The zero-order chi connectivity index (χ0) is 9.64. The second kappa shape index (κ2) is 2.85. The molecule has 2 rings (SSSR count). The molecule has 0 aliphatic carbocycles. The van der Waals surface area contributed by atoms with Gasteiger partial charge in [-0.1, -0.05) is 0 Å². The molecule has 0 aromatic heterocycles. The van der Waals surface area contributed by atoms with E-state index in [1.54, 1.807) is 4.90 Å². The third kappa shape index (κ3) is 1.81. The first kappa shape index (κ1) is 9.27. The third-order valence-electron chi connectivity index (χ3n) is 3.01. The summed E-state index contributed by atoms with van der Waals surface area (Å²) in [5.41, 5.74) is 0. The van der Waals surface area contributed by atoms with E-state index in [0.29, 0.717) is 12.6 Å². The fourth-order valence-electron chi connectivity index (χ4n) is 2.37. The maximum atomic E-state index is 12.1. The van der Waals surface area contributed by atoms with E-state index in [-0.39, 0.29) is 6.04 Å². The number of hydrogen-bond acceptors (Lipinski definition) is 2. The van der Waals surface area contributed by atoms with E-state index < -0.39 is 12.7 Å². The first-order chi connectivity index (χ1) is 5.96. The second-order valence-corrected chi connectivity index (χ2v) is 4.03. The first-order valence-electron chi connectivity index (χ1n) is 4.47. The fourth-order valence-corrected chi connectivity index (χ4v) is 2.37. The second-order valence-electron chi connectivity index (χ2n) is 4.03. The molecule has 0 aromatic carbocycles. The molecule has 2 aliphatic rings. The van der Waals surface area contributed by atoms with Crippen LogP contribution in [-0.4, -0.2) is 54.7 Å². The standard InChI is InChI=1S/C8H13F3N2/c1-12-3-7-2-6(12)4-13(7)5-8(9,10)11/h6-7H,2-5H2,1H3. The van der Waals surface area contributed by atoms with Crippen molar-refractivity contribution in [3.8, 4) is 0 Å². The number of likely N-dealkylation sites (tertiary alicyclic amines) is 2. The van der Waals surface area contributed by atoms with E-state index >= 15 is 0 Å². The SMILES string of the molecule is CN1CC2CC1CN2CC(F)(F)F. The van der Waals surface area contributed by atoms with Crippen molar-refractivity contribution in [3.05, 3.63) is 0 Å². The van der Waals surface area contributed by atoms with Crippen molar-refractivity contribution >= 4 is 0 Å². The first-order valence-corrected chi connectivity index (χ1v) is 4.47. The van der Waals surface area contributed by atoms with Crippen LogP contribution in [0.5, 0.6) is 0 Å². The highest BCUT2D eigenvalue weighted by Crippen LogP contribution is 2.31.